The fraction of sp³-hybridized carbons (Fsp3) is 0.105. The molecule has 3 N–H and O–H groups in total. The second-order valence-corrected chi connectivity index (χ2v) is 6.63. The fourth-order valence-electron chi connectivity index (χ4n) is 3.14. The lowest BCUT2D eigenvalue weighted by molar-refractivity contribution is -0.115. The van der Waals surface area contributed by atoms with Crippen molar-refractivity contribution in [2.24, 2.45) is 5.73 Å². The van der Waals surface area contributed by atoms with E-state index in [1.165, 1.54) is 12.1 Å². The van der Waals surface area contributed by atoms with E-state index in [0.717, 1.165) is 5.56 Å². The Morgan fingerprint density at radius 1 is 1.19 bits per heavy atom. The number of carbonyl (C=O) groups is 1. The molecule has 2 heterocycles. The molecule has 3 aromatic rings. The SMILES string of the molecule is CC1=C(C(N)=O)[C@H](c2ccc(Cl)cc2)n2nc(-c3ccc(F)cc3)nc2N1. The van der Waals surface area contributed by atoms with E-state index >= 15 is 0 Å². The van der Waals surface area contributed by atoms with Crippen molar-refractivity contribution in [2.75, 3.05) is 5.32 Å². The number of nitrogens with one attached hydrogen (secondary N) is 1. The number of anilines is 1. The molecule has 1 atom stereocenters. The molecule has 0 fully saturated rings. The van der Waals surface area contributed by atoms with E-state index in [0.29, 0.717) is 33.6 Å². The first-order valence-corrected chi connectivity index (χ1v) is 8.57. The Morgan fingerprint density at radius 2 is 1.85 bits per heavy atom. The van der Waals surface area contributed by atoms with Gasteiger partial charge in [0.1, 0.15) is 11.9 Å². The van der Waals surface area contributed by atoms with Crippen molar-refractivity contribution < 1.29 is 9.18 Å². The maximum atomic E-state index is 13.2. The molecule has 1 aliphatic heterocycles. The maximum absolute atomic E-state index is 13.2. The summed E-state index contributed by atoms with van der Waals surface area (Å²) in [6.07, 6.45) is 0. The number of rotatable bonds is 3. The molecule has 136 valence electrons. The maximum Gasteiger partial charge on any atom is 0.248 e. The minimum absolute atomic E-state index is 0.339. The lowest BCUT2D eigenvalue weighted by Gasteiger charge is -2.27. The summed E-state index contributed by atoms with van der Waals surface area (Å²) in [5.74, 6) is -0.00962. The Morgan fingerprint density at radius 3 is 2.48 bits per heavy atom. The Kier molecular flexibility index (Phi) is 4.16. The molecule has 0 saturated heterocycles. The van der Waals surface area contributed by atoms with E-state index in [-0.39, 0.29) is 5.82 Å². The van der Waals surface area contributed by atoms with Crippen LogP contribution in [0.3, 0.4) is 0 Å². The monoisotopic (exact) mass is 383 g/mol. The summed E-state index contributed by atoms with van der Waals surface area (Å²) < 4.78 is 14.8. The molecule has 0 saturated carbocycles. The molecule has 0 unspecified atom stereocenters. The van der Waals surface area contributed by atoms with Crippen LogP contribution in [0, 0.1) is 5.82 Å². The minimum atomic E-state index is -0.551. The summed E-state index contributed by atoms with van der Waals surface area (Å²) in [6, 6.07) is 12.5. The zero-order chi connectivity index (χ0) is 19.1. The zero-order valence-electron chi connectivity index (χ0n) is 14.3. The number of nitrogens with two attached hydrogens (primary N) is 1. The van der Waals surface area contributed by atoms with Gasteiger partial charge < -0.3 is 11.1 Å². The summed E-state index contributed by atoms with van der Waals surface area (Å²) in [4.78, 5) is 16.6. The second-order valence-electron chi connectivity index (χ2n) is 6.19. The quantitative estimate of drug-likeness (QED) is 0.724. The van der Waals surface area contributed by atoms with Gasteiger partial charge in [0, 0.05) is 16.3 Å². The van der Waals surface area contributed by atoms with Gasteiger partial charge in [0.05, 0.1) is 5.57 Å². The number of amides is 1. The van der Waals surface area contributed by atoms with Crippen LogP contribution in [0.25, 0.3) is 11.4 Å². The highest BCUT2D eigenvalue weighted by atomic mass is 35.5. The van der Waals surface area contributed by atoms with Gasteiger partial charge in [-0.05, 0) is 48.9 Å². The Balaban J connectivity index is 1.87. The van der Waals surface area contributed by atoms with Gasteiger partial charge in [-0.3, -0.25) is 4.79 Å². The lowest BCUT2D eigenvalue weighted by atomic mass is 9.95. The molecule has 0 radical (unpaired) electrons. The van der Waals surface area contributed by atoms with Crippen molar-refractivity contribution in [2.45, 2.75) is 13.0 Å². The number of nitrogens with zero attached hydrogens (tertiary/aromatic N) is 3. The van der Waals surface area contributed by atoms with Crippen LogP contribution in [-0.4, -0.2) is 20.7 Å². The Labute approximate surface area is 159 Å². The summed E-state index contributed by atoms with van der Waals surface area (Å²) in [5.41, 5.74) is 8.09. The molecular formula is C19H15ClFN5O. The number of allylic oxidation sites excluding steroid dienone is 1. The number of hydrogen-bond donors (Lipinski definition) is 2. The average molecular weight is 384 g/mol. The molecule has 4 rings (SSSR count). The van der Waals surface area contributed by atoms with Gasteiger partial charge in [-0.1, -0.05) is 23.7 Å². The van der Waals surface area contributed by atoms with Crippen LogP contribution in [0.15, 0.2) is 59.8 Å². The van der Waals surface area contributed by atoms with Crippen molar-refractivity contribution in [1.29, 1.82) is 0 Å². The second kappa shape index (κ2) is 6.51. The van der Waals surface area contributed by atoms with E-state index in [4.69, 9.17) is 17.3 Å². The van der Waals surface area contributed by atoms with E-state index in [1.54, 1.807) is 35.9 Å². The first-order chi connectivity index (χ1) is 12.9. The largest absolute Gasteiger partial charge is 0.366 e. The van der Waals surface area contributed by atoms with Gasteiger partial charge in [0.25, 0.3) is 0 Å². The number of fused-ring (bicyclic) bond motifs is 1. The third-order valence-electron chi connectivity index (χ3n) is 4.41. The number of hydrogen-bond acceptors (Lipinski definition) is 4. The van der Waals surface area contributed by atoms with Crippen molar-refractivity contribution in [3.63, 3.8) is 0 Å². The first kappa shape index (κ1) is 17.2. The van der Waals surface area contributed by atoms with Crippen LogP contribution in [0.5, 0.6) is 0 Å². The molecule has 27 heavy (non-hydrogen) atoms. The zero-order valence-corrected chi connectivity index (χ0v) is 15.0. The van der Waals surface area contributed by atoms with Crippen LogP contribution < -0.4 is 11.1 Å². The van der Waals surface area contributed by atoms with Gasteiger partial charge in [-0.15, -0.1) is 5.10 Å². The van der Waals surface area contributed by atoms with E-state index in [9.17, 15) is 9.18 Å². The predicted octanol–water partition coefficient (Wildman–Crippen LogP) is 3.51. The summed E-state index contributed by atoms with van der Waals surface area (Å²) in [6.45, 7) is 1.76. The molecule has 0 aliphatic carbocycles. The molecule has 1 aromatic heterocycles. The van der Waals surface area contributed by atoms with Crippen LogP contribution in [0.2, 0.25) is 5.02 Å². The standard InChI is InChI=1S/C19H15ClFN5O/c1-10-15(17(22)27)16(11-2-6-13(20)7-3-11)26-19(23-10)24-18(25-26)12-4-8-14(21)9-5-12/h2-9,16H,1H3,(H2,22,27)(H,23,24,25)/t16-/m0/s1. The van der Waals surface area contributed by atoms with Gasteiger partial charge in [0.15, 0.2) is 5.82 Å². The topological polar surface area (TPSA) is 85.8 Å². The van der Waals surface area contributed by atoms with Crippen molar-refractivity contribution in [3.8, 4) is 11.4 Å². The van der Waals surface area contributed by atoms with Gasteiger partial charge in [-0.2, -0.15) is 4.98 Å². The third-order valence-corrected chi connectivity index (χ3v) is 4.66. The molecule has 6 nitrogen and oxygen atoms in total. The highest BCUT2D eigenvalue weighted by Gasteiger charge is 2.33. The van der Waals surface area contributed by atoms with Crippen molar-refractivity contribution >= 4 is 23.5 Å². The smallest absolute Gasteiger partial charge is 0.248 e. The predicted molar refractivity (Wildman–Crippen MR) is 101 cm³/mol. The number of benzene rings is 2. The highest BCUT2D eigenvalue weighted by molar-refractivity contribution is 6.30. The molecule has 0 spiro atoms. The third kappa shape index (κ3) is 3.06. The van der Waals surface area contributed by atoms with Gasteiger partial charge >= 0.3 is 0 Å². The Bertz CT molecular complexity index is 1060. The Hall–Kier alpha value is -3.19. The fourth-order valence-corrected chi connectivity index (χ4v) is 3.27. The van der Waals surface area contributed by atoms with Gasteiger partial charge in [-0.25, -0.2) is 9.07 Å². The number of aromatic nitrogens is 3. The molecular weight excluding hydrogens is 369 g/mol. The normalized spacial score (nSPS) is 16.0. The van der Waals surface area contributed by atoms with Gasteiger partial charge in [0.2, 0.25) is 11.9 Å². The molecule has 1 aliphatic rings. The number of primary amides is 1. The van der Waals surface area contributed by atoms with E-state index in [1.807, 2.05) is 12.1 Å². The molecule has 0 bridgehead atoms. The molecule has 8 heteroatoms. The van der Waals surface area contributed by atoms with Crippen LogP contribution in [0.4, 0.5) is 10.3 Å². The van der Waals surface area contributed by atoms with E-state index in [2.05, 4.69) is 15.4 Å². The average Bonchev–Trinajstić information content (AvgIpc) is 3.05. The summed E-state index contributed by atoms with van der Waals surface area (Å²) in [7, 11) is 0. The highest BCUT2D eigenvalue weighted by Crippen LogP contribution is 2.36. The molecule has 1 amide bonds. The number of carbonyl (C=O) groups excluding carboxylic acids is 1. The van der Waals surface area contributed by atoms with Crippen molar-refractivity contribution in [3.05, 3.63) is 76.2 Å². The first-order valence-electron chi connectivity index (χ1n) is 8.19. The number of halogens is 2. The van der Waals surface area contributed by atoms with Crippen LogP contribution in [0.1, 0.15) is 18.5 Å². The summed E-state index contributed by atoms with van der Waals surface area (Å²) in [5, 5.41) is 8.20. The lowest BCUT2D eigenvalue weighted by Crippen LogP contribution is -2.31. The molecule has 2 aromatic carbocycles. The van der Waals surface area contributed by atoms with Crippen LogP contribution >= 0.6 is 11.6 Å². The van der Waals surface area contributed by atoms with E-state index < -0.39 is 11.9 Å². The summed E-state index contributed by atoms with van der Waals surface area (Å²) >= 11 is 5.99. The van der Waals surface area contributed by atoms with Crippen molar-refractivity contribution in [1.82, 2.24) is 14.8 Å². The minimum Gasteiger partial charge on any atom is -0.366 e. The van der Waals surface area contributed by atoms with Crippen LogP contribution in [-0.2, 0) is 4.79 Å².